The highest BCUT2D eigenvalue weighted by Gasteiger charge is 2.53. The van der Waals surface area contributed by atoms with Gasteiger partial charge in [0.1, 0.15) is 23.8 Å². The van der Waals surface area contributed by atoms with Gasteiger partial charge in [-0.05, 0) is 12.5 Å². The molecule has 2 aromatic rings. The summed E-state index contributed by atoms with van der Waals surface area (Å²) in [5, 5.41) is 19.5. The van der Waals surface area contributed by atoms with Gasteiger partial charge in [-0.3, -0.25) is 9.36 Å². The predicted octanol–water partition coefficient (Wildman–Crippen LogP) is 0.432. The van der Waals surface area contributed by atoms with Crippen molar-refractivity contribution in [1.82, 2.24) is 9.13 Å². The zero-order valence-corrected chi connectivity index (χ0v) is 15.5. The maximum Gasteiger partial charge on any atom is 0.335 e. The summed E-state index contributed by atoms with van der Waals surface area (Å²) in [6.07, 6.45) is -1.91. The minimum atomic E-state index is -1.36. The summed E-state index contributed by atoms with van der Waals surface area (Å²) in [4.78, 5) is 23.5. The molecular formula is C18H21ClN2O6. The van der Waals surface area contributed by atoms with Crippen molar-refractivity contribution >= 4 is 11.6 Å². The van der Waals surface area contributed by atoms with Gasteiger partial charge in [0.25, 0.3) is 5.56 Å². The van der Waals surface area contributed by atoms with Crippen molar-refractivity contribution < 1.29 is 19.7 Å². The van der Waals surface area contributed by atoms with Crippen LogP contribution in [0.3, 0.4) is 0 Å². The number of aliphatic hydroxyl groups excluding tert-OH is 2. The van der Waals surface area contributed by atoms with Crippen LogP contribution >= 0.6 is 11.6 Å². The van der Waals surface area contributed by atoms with Crippen molar-refractivity contribution in [3.8, 4) is 0 Å². The molecule has 1 aliphatic rings. The number of halogens is 1. The van der Waals surface area contributed by atoms with Crippen molar-refractivity contribution in [2.24, 2.45) is 0 Å². The Morgan fingerprint density at radius 1 is 1.26 bits per heavy atom. The average Bonchev–Trinajstić information content (AvgIpc) is 2.88. The van der Waals surface area contributed by atoms with Crippen LogP contribution in [0.5, 0.6) is 0 Å². The van der Waals surface area contributed by atoms with E-state index in [9.17, 15) is 19.8 Å². The second-order valence-corrected chi connectivity index (χ2v) is 7.35. The molecule has 0 saturated carbocycles. The van der Waals surface area contributed by atoms with Gasteiger partial charge in [-0.2, -0.15) is 0 Å². The molecule has 1 saturated heterocycles. The molecule has 27 heavy (non-hydrogen) atoms. The molecule has 3 rings (SSSR count). The number of hydrogen-bond donors (Lipinski definition) is 2. The van der Waals surface area contributed by atoms with Gasteiger partial charge in [-0.25, -0.2) is 9.36 Å². The highest BCUT2D eigenvalue weighted by Crippen LogP contribution is 2.42. The Hall–Kier alpha value is -1.97. The fourth-order valence-corrected chi connectivity index (χ4v) is 3.32. The highest BCUT2D eigenvalue weighted by molar-refractivity contribution is 6.24. The molecule has 0 radical (unpaired) electrons. The predicted molar refractivity (Wildman–Crippen MR) is 97.5 cm³/mol. The lowest BCUT2D eigenvalue weighted by Gasteiger charge is -2.26. The van der Waals surface area contributed by atoms with Gasteiger partial charge < -0.3 is 19.7 Å². The fraction of sp³-hybridized carbons (Fsp3) is 0.444. The van der Waals surface area contributed by atoms with Gasteiger partial charge in [0.2, 0.25) is 0 Å². The summed E-state index contributed by atoms with van der Waals surface area (Å²) in [6, 6.07) is 10.5. The van der Waals surface area contributed by atoms with Crippen molar-refractivity contribution in [1.29, 1.82) is 0 Å². The van der Waals surface area contributed by atoms with Crippen molar-refractivity contribution in [2.75, 3.05) is 6.61 Å². The third kappa shape index (κ3) is 3.85. The van der Waals surface area contributed by atoms with Crippen LogP contribution in [0.15, 0.2) is 52.2 Å². The quantitative estimate of drug-likeness (QED) is 0.686. The monoisotopic (exact) mass is 396 g/mol. The molecule has 2 N–H and O–H groups in total. The molecular weight excluding hydrogens is 376 g/mol. The van der Waals surface area contributed by atoms with Crippen LogP contribution < -0.4 is 11.2 Å². The number of aromatic nitrogens is 2. The SMILES string of the molecule is C[C@@]1(Cl)[C@H](O)[C@@H](CO)O[C@H]1n1ccc(=O)n(COCc2ccccc2)c1=O. The third-order valence-corrected chi connectivity index (χ3v) is 4.99. The molecule has 1 aromatic heterocycles. The first-order chi connectivity index (χ1) is 12.9. The lowest BCUT2D eigenvalue weighted by molar-refractivity contribution is -0.0483. The normalized spacial score (nSPS) is 27.8. The first kappa shape index (κ1) is 19.8. The number of alkyl halides is 1. The van der Waals surface area contributed by atoms with Crippen LogP contribution in [0.25, 0.3) is 0 Å². The molecule has 2 heterocycles. The molecule has 0 bridgehead atoms. The Morgan fingerprint density at radius 2 is 1.96 bits per heavy atom. The van der Waals surface area contributed by atoms with Gasteiger partial charge in [-0.1, -0.05) is 30.3 Å². The second kappa shape index (κ2) is 7.95. The zero-order valence-electron chi connectivity index (χ0n) is 14.7. The molecule has 1 fully saturated rings. The Bertz CT molecular complexity index is 895. The first-order valence-corrected chi connectivity index (χ1v) is 8.81. The number of rotatable bonds is 6. The topological polar surface area (TPSA) is 103 Å². The molecule has 1 aromatic carbocycles. The number of nitrogens with zero attached hydrogens (tertiary/aromatic N) is 2. The molecule has 1 aliphatic heterocycles. The van der Waals surface area contributed by atoms with E-state index in [0.29, 0.717) is 0 Å². The van der Waals surface area contributed by atoms with E-state index in [4.69, 9.17) is 21.1 Å². The van der Waals surface area contributed by atoms with Crippen molar-refractivity contribution in [3.05, 3.63) is 69.0 Å². The van der Waals surface area contributed by atoms with E-state index >= 15 is 0 Å². The van der Waals surface area contributed by atoms with E-state index in [1.165, 1.54) is 19.2 Å². The number of ether oxygens (including phenoxy) is 2. The van der Waals surface area contributed by atoms with Crippen LogP contribution in [0, 0.1) is 0 Å². The lowest BCUT2D eigenvalue weighted by Crippen LogP contribution is -2.46. The third-order valence-electron chi connectivity index (χ3n) is 4.58. The Kier molecular flexibility index (Phi) is 5.83. The van der Waals surface area contributed by atoms with Crippen molar-refractivity contribution in [2.45, 2.75) is 43.6 Å². The van der Waals surface area contributed by atoms with Gasteiger partial charge in [0.15, 0.2) is 6.23 Å². The van der Waals surface area contributed by atoms with Crippen LogP contribution in [0.2, 0.25) is 0 Å². The number of hydrogen-bond acceptors (Lipinski definition) is 6. The van der Waals surface area contributed by atoms with Gasteiger partial charge >= 0.3 is 5.69 Å². The summed E-state index contributed by atoms with van der Waals surface area (Å²) in [6.45, 7) is 1.05. The summed E-state index contributed by atoms with van der Waals surface area (Å²) < 4.78 is 13.1. The Balaban J connectivity index is 1.83. The molecule has 0 unspecified atom stereocenters. The van der Waals surface area contributed by atoms with E-state index in [-0.39, 0.29) is 13.3 Å². The highest BCUT2D eigenvalue weighted by atomic mass is 35.5. The summed E-state index contributed by atoms with van der Waals surface area (Å²) >= 11 is 6.38. The zero-order chi connectivity index (χ0) is 19.6. The minimum absolute atomic E-state index is 0.236. The van der Waals surface area contributed by atoms with Crippen LogP contribution in [0.1, 0.15) is 18.7 Å². The van der Waals surface area contributed by atoms with Crippen molar-refractivity contribution in [3.63, 3.8) is 0 Å². The standard InChI is InChI=1S/C18H21ClN2O6/c1-18(19)15(24)13(9-22)27-16(18)20-8-7-14(23)21(17(20)25)11-26-10-12-5-3-2-4-6-12/h2-8,13,15-16,22,24H,9-11H2,1H3/t13-,15-,16-,18-/m1/s1. The Labute approximate surface area is 160 Å². The second-order valence-electron chi connectivity index (χ2n) is 6.54. The van der Waals surface area contributed by atoms with Gasteiger partial charge in [0.05, 0.1) is 13.2 Å². The van der Waals surface area contributed by atoms with Crippen LogP contribution in [0.4, 0.5) is 0 Å². The largest absolute Gasteiger partial charge is 0.394 e. The van der Waals surface area contributed by atoms with E-state index < -0.39 is 41.2 Å². The summed E-state index contributed by atoms with van der Waals surface area (Å²) in [5.74, 6) is 0. The number of benzene rings is 1. The average molecular weight is 397 g/mol. The molecule has 8 nitrogen and oxygen atoms in total. The summed E-state index contributed by atoms with van der Waals surface area (Å²) in [5.41, 5.74) is -0.306. The van der Waals surface area contributed by atoms with Crippen LogP contribution in [-0.2, 0) is 22.8 Å². The molecule has 9 heteroatoms. The van der Waals surface area contributed by atoms with Gasteiger partial charge in [-0.15, -0.1) is 11.6 Å². The first-order valence-electron chi connectivity index (χ1n) is 8.43. The number of aliphatic hydroxyl groups is 2. The smallest absolute Gasteiger partial charge is 0.335 e. The van der Waals surface area contributed by atoms with E-state index in [1.807, 2.05) is 30.3 Å². The molecule has 146 valence electrons. The maximum atomic E-state index is 12.8. The fourth-order valence-electron chi connectivity index (χ4n) is 3.02. The Morgan fingerprint density at radius 3 is 2.59 bits per heavy atom. The van der Waals surface area contributed by atoms with E-state index in [2.05, 4.69) is 0 Å². The van der Waals surface area contributed by atoms with Crippen LogP contribution in [-0.4, -0.2) is 43.0 Å². The maximum absolute atomic E-state index is 12.8. The van der Waals surface area contributed by atoms with Gasteiger partial charge in [0, 0.05) is 12.3 Å². The molecule has 0 aliphatic carbocycles. The molecule has 0 amide bonds. The van der Waals surface area contributed by atoms with E-state index in [0.717, 1.165) is 14.7 Å². The summed E-state index contributed by atoms with van der Waals surface area (Å²) in [7, 11) is 0. The lowest BCUT2D eigenvalue weighted by atomic mass is 10.0. The minimum Gasteiger partial charge on any atom is -0.394 e. The van der Waals surface area contributed by atoms with E-state index in [1.54, 1.807) is 0 Å². The molecule has 4 atom stereocenters. The molecule has 0 spiro atoms.